The van der Waals surface area contributed by atoms with Crippen LogP contribution in [0.4, 0.5) is 0 Å². The number of fused-ring (bicyclic) bond motifs is 1. The molecule has 82 valence electrons. The van der Waals surface area contributed by atoms with Gasteiger partial charge in [0.05, 0.1) is 5.57 Å². The first-order valence-electron chi connectivity index (χ1n) is 4.78. The van der Waals surface area contributed by atoms with E-state index in [9.17, 15) is 0 Å². The summed E-state index contributed by atoms with van der Waals surface area (Å²) in [6.45, 7) is 5.03. The normalized spacial score (nSPS) is 18.4. The molecule has 2 rings (SSSR count). The summed E-state index contributed by atoms with van der Waals surface area (Å²) in [5.74, 6) is 0.731. The van der Waals surface area contributed by atoms with Gasteiger partial charge >= 0.3 is 0 Å². The maximum atomic E-state index is 5.50. The zero-order chi connectivity index (χ0) is 11.5. The molecule has 0 aromatic rings. The first-order valence-corrected chi connectivity index (χ1v) is 5.19. The summed E-state index contributed by atoms with van der Waals surface area (Å²) in [6, 6.07) is 0. The molecule has 0 aromatic heterocycles. The Morgan fingerprint density at radius 3 is 3.06 bits per heavy atom. The van der Waals surface area contributed by atoms with Crippen LogP contribution in [0.3, 0.4) is 0 Å². The second kappa shape index (κ2) is 4.46. The van der Waals surface area contributed by atoms with Gasteiger partial charge in [0.15, 0.2) is 5.84 Å². The van der Waals surface area contributed by atoms with Crippen molar-refractivity contribution in [3.05, 3.63) is 23.8 Å². The monoisotopic (exact) mass is 233 g/mol. The molecule has 0 atom stereocenters. The van der Waals surface area contributed by atoms with Crippen molar-refractivity contribution in [2.75, 3.05) is 13.1 Å². The number of nitrogens with one attached hydrogen (secondary N) is 1. The number of rotatable bonds is 4. The number of thiocarbonyl (C=S) groups is 1. The van der Waals surface area contributed by atoms with Crippen molar-refractivity contribution in [3.63, 3.8) is 0 Å². The van der Waals surface area contributed by atoms with Crippen molar-refractivity contribution in [2.24, 2.45) is 20.7 Å². The van der Waals surface area contributed by atoms with E-state index in [0.29, 0.717) is 17.4 Å². The summed E-state index contributed by atoms with van der Waals surface area (Å²) in [7, 11) is 0. The number of hydrogen-bond acceptors (Lipinski definition) is 5. The summed E-state index contributed by atoms with van der Waals surface area (Å²) in [6.07, 6.45) is 3.53. The van der Waals surface area contributed by atoms with Crippen molar-refractivity contribution in [3.8, 4) is 0 Å². The minimum Gasteiger partial charge on any atom is -0.368 e. The fraction of sp³-hybridized carbons (Fsp3) is 0.200. The number of guanidine groups is 1. The molecule has 0 bridgehead atoms. The van der Waals surface area contributed by atoms with Crippen molar-refractivity contribution < 1.29 is 0 Å². The number of hydrogen-bond donors (Lipinski definition) is 2. The summed E-state index contributed by atoms with van der Waals surface area (Å²) in [4.78, 5) is 12.6. The molecule has 2 aliphatic heterocycles. The van der Waals surface area contributed by atoms with Crippen LogP contribution in [0.15, 0.2) is 38.8 Å². The highest BCUT2D eigenvalue weighted by Crippen LogP contribution is 2.18. The Morgan fingerprint density at radius 2 is 2.31 bits per heavy atom. The van der Waals surface area contributed by atoms with E-state index in [2.05, 4.69) is 26.9 Å². The van der Waals surface area contributed by atoms with Crippen LogP contribution in [0, 0.1) is 0 Å². The van der Waals surface area contributed by atoms with Gasteiger partial charge in [-0.2, -0.15) is 4.99 Å². The maximum Gasteiger partial charge on any atom is 0.223 e. The van der Waals surface area contributed by atoms with Gasteiger partial charge in [-0.05, 0) is 5.57 Å². The Labute approximate surface area is 98.6 Å². The average Bonchev–Trinajstić information content (AvgIpc) is 2.62. The molecular weight excluding hydrogens is 222 g/mol. The second-order valence-corrected chi connectivity index (χ2v) is 3.68. The molecule has 0 spiro atoms. The van der Waals surface area contributed by atoms with Gasteiger partial charge in [-0.1, -0.05) is 18.3 Å². The fourth-order valence-corrected chi connectivity index (χ4v) is 1.78. The number of amidine groups is 1. The van der Waals surface area contributed by atoms with Crippen LogP contribution in [0.2, 0.25) is 0 Å². The Kier molecular flexibility index (Phi) is 3.02. The fourth-order valence-electron chi connectivity index (χ4n) is 1.47. The minimum absolute atomic E-state index is 0.168. The molecule has 0 fully saturated rings. The van der Waals surface area contributed by atoms with Crippen LogP contribution < -0.4 is 11.1 Å². The van der Waals surface area contributed by atoms with Crippen molar-refractivity contribution in [1.82, 2.24) is 5.32 Å². The molecule has 0 radical (unpaired) electrons. The number of nitrogens with zero attached hydrogens (tertiary/aromatic N) is 3. The predicted molar refractivity (Wildman–Crippen MR) is 70.2 cm³/mol. The quantitative estimate of drug-likeness (QED) is 0.414. The van der Waals surface area contributed by atoms with Gasteiger partial charge in [0.2, 0.25) is 5.96 Å². The van der Waals surface area contributed by atoms with Gasteiger partial charge in [-0.25, -0.2) is 9.98 Å². The molecule has 2 heterocycles. The SMILES string of the molecule is C=CCNCC1=C2C(=S)N=C(N)N=C2N=C1. The molecule has 0 aromatic carbocycles. The molecule has 0 aliphatic carbocycles. The van der Waals surface area contributed by atoms with E-state index in [1.807, 2.05) is 0 Å². The van der Waals surface area contributed by atoms with E-state index in [4.69, 9.17) is 18.0 Å². The summed E-state index contributed by atoms with van der Waals surface area (Å²) in [5.41, 5.74) is 7.29. The van der Waals surface area contributed by atoms with E-state index in [-0.39, 0.29) is 5.96 Å². The van der Waals surface area contributed by atoms with Crippen molar-refractivity contribution in [1.29, 1.82) is 0 Å². The Hall–Kier alpha value is -1.66. The van der Waals surface area contributed by atoms with Crippen LogP contribution in [0.1, 0.15) is 0 Å². The highest BCUT2D eigenvalue weighted by molar-refractivity contribution is 7.81. The lowest BCUT2D eigenvalue weighted by atomic mass is 10.1. The molecule has 0 saturated carbocycles. The van der Waals surface area contributed by atoms with Gasteiger partial charge in [0.1, 0.15) is 4.99 Å². The number of aliphatic imine (C=N–C) groups is 3. The molecular formula is C10H11N5S. The van der Waals surface area contributed by atoms with Gasteiger partial charge in [-0.15, -0.1) is 6.58 Å². The highest BCUT2D eigenvalue weighted by atomic mass is 32.1. The minimum atomic E-state index is 0.168. The molecule has 3 N–H and O–H groups in total. The Balaban J connectivity index is 2.21. The third-order valence-electron chi connectivity index (χ3n) is 2.14. The van der Waals surface area contributed by atoms with Gasteiger partial charge in [0.25, 0.3) is 0 Å². The smallest absolute Gasteiger partial charge is 0.223 e. The first kappa shape index (κ1) is 10.8. The first-order chi connectivity index (χ1) is 7.72. The predicted octanol–water partition coefficient (Wildman–Crippen LogP) is 0.197. The van der Waals surface area contributed by atoms with E-state index in [1.165, 1.54) is 0 Å². The lowest BCUT2D eigenvalue weighted by molar-refractivity contribution is 0.833. The number of nitrogens with two attached hydrogens (primary N) is 1. The van der Waals surface area contributed by atoms with E-state index in [1.54, 1.807) is 12.3 Å². The largest absolute Gasteiger partial charge is 0.368 e. The van der Waals surface area contributed by atoms with Crippen LogP contribution in [0.25, 0.3) is 0 Å². The Bertz CT molecular complexity index is 470. The summed E-state index contributed by atoms with van der Waals surface area (Å²) < 4.78 is 0. The van der Waals surface area contributed by atoms with E-state index < -0.39 is 0 Å². The maximum absolute atomic E-state index is 5.50. The molecule has 5 nitrogen and oxygen atoms in total. The molecule has 6 heteroatoms. The van der Waals surface area contributed by atoms with Crippen LogP contribution in [-0.4, -0.2) is 36.1 Å². The van der Waals surface area contributed by atoms with Crippen LogP contribution >= 0.6 is 12.2 Å². The summed E-state index contributed by atoms with van der Waals surface area (Å²) >= 11 is 5.14. The summed E-state index contributed by atoms with van der Waals surface area (Å²) in [5, 5.41) is 3.18. The van der Waals surface area contributed by atoms with Crippen molar-refractivity contribution in [2.45, 2.75) is 0 Å². The van der Waals surface area contributed by atoms with Crippen molar-refractivity contribution >= 4 is 35.2 Å². The van der Waals surface area contributed by atoms with Crippen LogP contribution in [0.5, 0.6) is 0 Å². The van der Waals surface area contributed by atoms with Crippen LogP contribution in [-0.2, 0) is 0 Å². The van der Waals surface area contributed by atoms with Gasteiger partial charge < -0.3 is 11.1 Å². The topological polar surface area (TPSA) is 75.1 Å². The third kappa shape index (κ3) is 1.98. The molecule has 0 unspecified atom stereocenters. The highest BCUT2D eigenvalue weighted by Gasteiger charge is 2.24. The Morgan fingerprint density at radius 1 is 1.50 bits per heavy atom. The van der Waals surface area contributed by atoms with Gasteiger partial charge in [-0.3, -0.25) is 0 Å². The molecule has 16 heavy (non-hydrogen) atoms. The zero-order valence-corrected chi connectivity index (χ0v) is 9.42. The average molecular weight is 233 g/mol. The third-order valence-corrected chi connectivity index (χ3v) is 2.44. The standard InChI is InChI=1S/C10H11N5S/c1-2-3-12-4-6-5-13-8-7(6)9(16)15-10(11)14-8/h2,5,12H,1,3-4H2,(H2,11,15,16). The van der Waals surface area contributed by atoms with Gasteiger partial charge in [0, 0.05) is 19.3 Å². The molecule has 0 amide bonds. The van der Waals surface area contributed by atoms with E-state index in [0.717, 1.165) is 17.7 Å². The zero-order valence-electron chi connectivity index (χ0n) is 8.60. The van der Waals surface area contributed by atoms with E-state index >= 15 is 0 Å². The lowest BCUT2D eigenvalue weighted by Gasteiger charge is -2.09. The second-order valence-electron chi connectivity index (χ2n) is 3.29. The molecule has 2 aliphatic rings. The molecule has 0 saturated heterocycles. The lowest BCUT2D eigenvalue weighted by Crippen LogP contribution is -2.24.